The van der Waals surface area contributed by atoms with Crippen LogP contribution in [-0.4, -0.2) is 50.2 Å². The largest absolute Gasteiger partial charge is 0.484 e. The molecule has 1 aliphatic heterocycles. The smallest absolute Gasteiger partial charge is 0.260 e. The van der Waals surface area contributed by atoms with E-state index in [2.05, 4.69) is 15.4 Å². The Balaban J connectivity index is 1.36. The summed E-state index contributed by atoms with van der Waals surface area (Å²) in [5.74, 6) is 1.33. The van der Waals surface area contributed by atoms with Crippen molar-refractivity contribution >= 4 is 17.2 Å². The number of carbonyl (C=O) groups is 1. The molecule has 0 saturated carbocycles. The lowest BCUT2D eigenvalue weighted by molar-refractivity contribution is -0.134. The van der Waals surface area contributed by atoms with Gasteiger partial charge >= 0.3 is 0 Å². The van der Waals surface area contributed by atoms with E-state index >= 15 is 0 Å². The Morgan fingerprint density at radius 3 is 2.92 bits per heavy atom. The average Bonchev–Trinajstić information content (AvgIpc) is 3.42. The summed E-state index contributed by atoms with van der Waals surface area (Å²) in [5.41, 5.74) is 0. The minimum absolute atomic E-state index is 0.00468. The van der Waals surface area contributed by atoms with Crippen LogP contribution in [0.1, 0.15) is 12.8 Å². The Kier molecular flexibility index (Phi) is 4.92. The number of benzene rings is 1. The second-order valence-electron chi connectivity index (χ2n) is 6.13. The molecule has 1 fully saturated rings. The van der Waals surface area contributed by atoms with Crippen LogP contribution in [0, 0.1) is 0 Å². The molecule has 4 rings (SSSR count). The third-order valence-electron chi connectivity index (χ3n) is 4.37. The second-order valence-corrected chi connectivity index (χ2v) is 7.08. The van der Waals surface area contributed by atoms with Crippen molar-refractivity contribution in [2.45, 2.75) is 25.4 Å². The Hall–Kier alpha value is -2.74. The van der Waals surface area contributed by atoms with Gasteiger partial charge in [0.15, 0.2) is 6.61 Å². The Labute approximate surface area is 155 Å². The summed E-state index contributed by atoms with van der Waals surface area (Å²) in [4.78, 5) is 17.0. The minimum Gasteiger partial charge on any atom is -0.484 e. The predicted octanol–water partition coefficient (Wildman–Crippen LogP) is 2.47. The maximum Gasteiger partial charge on any atom is 0.260 e. The van der Waals surface area contributed by atoms with Gasteiger partial charge < -0.3 is 9.64 Å². The van der Waals surface area contributed by atoms with Crippen LogP contribution in [0.2, 0.25) is 0 Å². The highest BCUT2D eigenvalue weighted by Gasteiger charge is 2.30. The van der Waals surface area contributed by atoms with Gasteiger partial charge in [-0.25, -0.2) is 0 Å². The number of aromatic nitrogens is 4. The zero-order chi connectivity index (χ0) is 17.8. The molecular weight excluding hydrogens is 350 g/mol. The molecule has 0 bridgehead atoms. The topological polar surface area (TPSA) is 73.1 Å². The van der Waals surface area contributed by atoms with Crippen molar-refractivity contribution in [3.63, 3.8) is 0 Å². The van der Waals surface area contributed by atoms with Gasteiger partial charge in [0.25, 0.3) is 5.91 Å². The molecule has 0 unspecified atom stereocenters. The fourth-order valence-corrected chi connectivity index (χ4v) is 3.76. The molecule has 2 aromatic heterocycles. The van der Waals surface area contributed by atoms with Gasteiger partial charge in [0.05, 0.1) is 17.5 Å². The van der Waals surface area contributed by atoms with E-state index < -0.39 is 0 Å². The lowest BCUT2D eigenvalue weighted by Gasteiger charge is -2.24. The molecule has 1 saturated heterocycles. The fourth-order valence-electron chi connectivity index (χ4n) is 3.11. The molecule has 0 aliphatic carbocycles. The molecule has 134 valence electrons. The van der Waals surface area contributed by atoms with E-state index in [4.69, 9.17) is 4.74 Å². The number of thiophene rings is 1. The van der Waals surface area contributed by atoms with E-state index in [-0.39, 0.29) is 18.6 Å². The van der Waals surface area contributed by atoms with Crippen LogP contribution in [0.25, 0.3) is 10.7 Å². The number of para-hydroxylation sites is 1. The number of tetrazole rings is 1. The van der Waals surface area contributed by atoms with Crippen LogP contribution in [0.15, 0.2) is 47.8 Å². The van der Waals surface area contributed by atoms with E-state index in [1.54, 1.807) is 16.1 Å². The summed E-state index contributed by atoms with van der Waals surface area (Å²) in [5, 5.41) is 14.7. The quantitative estimate of drug-likeness (QED) is 0.667. The monoisotopic (exact) mass is 369 g/mol. The number of amides is 1. The molecule has 1 aliphatic rings. The highest BCUT2D eigenvalue weighted by molar-refractivity contribution is 7.13. The molecule has 0 spiro atoms. The van der Waals surface area contributed by atoms with Gasteiger partial charge in [-0.3, -0.25) is 4.79 Å². The first-order chi connectivity index (χ1) is 12.8. The summed E-state index contributed by atoms with van der Waals surface area (Å²) in [6, 6.07) is 13.4. The van der Waals surface area contributed by atoms with Crippen molar-refractivity contribution in [2.75, 3.05) is 13.2 Å². The first-order valence-electron chi connectivity index (χ1n) is 8.58. The predicted molar refractivity (Wildman–Crippen MR) is 97.8 cm³/mol. The highest BCUT2D eigenvalue weighted by Crippen LogP contribution is 2.22. The summed E-state index contributed by atoms with van der Waals surface area (Å²) < 4.78 is 5.59. The maximum absolute atomic E-state index is 12.5. The Bertz CT molecular complexity index is 850. The van der Waals surface area contributed by atoms with Gasteiger partial charge in [0, 0.05) is 6.54 Å². The molecule has 0 radical (unpaired) electrons. The minimum atomic E-state index is -0.00468. The van der Waals surface area contributed by atoms with Gasteiger partial charge in [0.2, 0.25) is 5.82 Å². The van der Waals surface area contributed by atoms with Crippen LogP contribution in [-0.2, 0) is 11.3 Å². The molecule has 0 N–H and O–H groups in total. The molecular formula is C18H19N5O2S. The van der Waals surface area contributed by atoms with E-state index in [0.717, 1.165) is 24.3 Å². The van der Waals surface area contributed by atoms with Gasteiger partial charge in [-0.1, -0.05) is 24.3 Å². The number of hydrogen-bond donors (Lipinski definition) is 0. The Morgan fingerprint density at radius 2 is 2.12 bits per heavy atom. The van der Waals surface area contributed by atoms with Gasteiger partial charge in [-0.05, 0) is 41.6 Å². The number of ether oxygens (including phenoxy) is 1. The highest BCUT2D eigenvalue weighted by atomic mass is 32.1. The van der Waals surface area contributed by atoms with Crippen molar-refractivity contribution in [3.05, 3.63) is 47.8 Å². The van der Waals surface area contributed by atoms with Crippen LogP contribution >= 0.6 is 11.3 Å². The fraction of sp³-hybridized carbons (Fsp3) is 0.333. The van der Waals surface area contributed by atoms with Crippen LogP contribution in [0.5, 0.6) is 5.75 Å². The zero-order valence-electron chi connectivity index (χ0n) is 14.2. The second kappa shape index (κ2) is 7.65. The van der Waals surface area contributed by atoms with Crippen molar-refractivity contribution < 1.29 is 9.53 Å². The molecule has 3 aromatic rings. The van der Waals surface area contributed by atoms with Crippen molar-refractivity contribution in [1.82, 2.24) is 25.1 Å². The standard InChI is InChI=1S/C18H19N5O2S/c24-17(13-25-15-7-2-1-3-8-15)22-10-4-6-14(22)12-23-20-18(19-21-23)16-9-5-11-26-16/h1-3,5,7-9,11,14H,4,6,10,12-13H2/t14-/m0/s1. The van der Waals surface area contributed by atoms with Crippen molar-refractivity contribution in [3.8, 4) is 16.5 Å². The number of likely N-dealkylation sites (tertiary alicyclic amines) is 1. The van der Waals surface area contributed by atoms with Crippen LogP contribution in [0.3, 0.4) is 0 Å². The first kappa shape index (κ1) is 16.7. The normalized spacial score (nSPS) is 16.8. The summed E-state index contributed by atoms with van der Waals surface area (Å²) in [7, 11) is 0. The van der Waals surface area contributed by atoms with Gasteiger partial charge in [0.1, 0.15) is 5.75 Å². The number of rotatable bonds is 6. The molecule has 8 heteroatoms. The molecule has 7 nitrogen and oxygen atoms in total. The number of hydrogen-bond acceptors (Lipinski definition) is 6. The third-order valence-corrected chi connectivity index (χ3v) is 5.24. The van der Waals surface area contributed by atoms with Crippen LogP contribution < -0.4 is 4.74 Å². The van der Waals surface area contributed by atoms with Crippen molar-refractivity contribution in [1.29, 1.82) is 0 Å². The summed E-state index contributed by atoms with van der Waals surface area (Å²) in [6.45, 7) is 1.34. The molecule has 26 heavy (non-hydrogen) atoms. The summed E-state index contributed by atoms with van der Waals surface area (Å²) >= 11 is 1.58. The maximum atomic E-state index is 12.5. The SMILES string of the molecule is O=C(COc1ccccc1)N1CCC[C@H]1Cn1nnc(-c2cccs2)n1. The number of nitrogens with zero attached hydrogens (tertiary/aromatic N) is 5. The zero-order valence-corrected chi connectivity index (χ0v) is 15.0. The van der Waals surface area contributed by atoms with Crippen LogP contribution in [0.4, 0.5) is 0 Å². The van der Waals surface area contributed by atoms with E-state index in [9.17, 15) is 4.79 Å². The van der Waals surface area contributed by atoms with E-state index in [0.29, 0.717) is 18.1 Å². The molecule has 1 aromatic carbocycles. The molecule has 1 atom stereocenters. The van der Waals surface area contributed by atoms with Gasteiger partial charge in [-0.15, -0.1) is 21.5 Å². The van der Waals surface area contributed by atoms with E-state index in [1.807, 2.05) is 52.7 Å². The first-order valence-corrected chi connectivity index (χ1v) is 9.46. The molecule has 3 heterocycles. The van der Waals surface area contributed by atoms with E-state index in [1.165, 1.54) is 0 Å². The average molecular weight is 369 g/mol. The molecule has 1 amide bonds. The lowest BCUT2D eigenvalue weighted by atomic mass is 10.2. The lowest BCUT2D eigenvalue weighted by Crippen LogP contribution is -2.41. The number of carbonyl (C=O) groups excluding carboxylic acids is 1. The third kappa shape index (κ3) is 3.75. The van der Waals surface area contributed by atoms with Gasteiger partial charge in [-0.2, -0.15) is 4.80 Å². The Morgan fingerprint density at radius 1 is 1.23 bits per heavy atom. The summed E-state index contributed by atoms with van der Waals surface area (Å²) in [6.07, 6.45) is 1.92. The van der Waals surface area contributed by atoms with Crippen molar-refractivity contribution in [2.24, 2.45) is 0 Å².